The van der Waals surface area contributed by atoms with Crippen molar-refractivity contribution in [3.05, 3.63) is 89.5 Å². The van der Waals surface area contributed by atoms with E-state index in [9.17, 15) is 9.59 Å². The van der Waals surface area contributed by atoms with Crippen LogP contribution in [0.2, 0.25) is 19.6 Å². The van der Waals surface area contributed by atoms with Crippen LogP contribution in [0.15, 0.2) is 72.8 Å². The van der Waals surface area contributed by atoms with Crippen molar-refractivity contribution >= 4 is 25.0 Å². The summed E-state index contributed by atoms with van der Waals surface area (Å²) in [5.74, 6) is -0.469. The van der Waals surface area contributed by atoms with Crippen LogP contribution in [0.25, 0.3) is 11.1 Å². The lowest BCUT2D eigenvalue weighted by Crippen LogP contribution is -2.42. The topological polar surface area (TPSA) is 43.4 Å². The fourth-order valence-electron chi connectivity index (χ4n) is 3.48. The van der Waals surface area contributed by atoms with Crippen molar-refractivity contribution in [2.45, 2.75) is 26.6 Å². The fraction of sp³-hybridized carbons (Fsp3) is 0.200. The Balaban J connectivity index is 2.36. The van der Waals surface area contributed by atoms with E-state index >= 15 is 0 Å². The molecule has 29 heavy (non-hydrogen) atoms. The van der Waals surface area contributed by atoms with Crippen molar-refractivity contribution < 1.29 is 14.3 Å². The van der Waals surface area contributed by atoms with Crippen LogP contribution in [0, 0.1) is 0 Å². The second-order valence-electron chi connectivity index (χ2n) is 7.94. The molecular formula is C25H26O3Si. The van der Waals surface area contributed by atoms with E-state index in [0.29, 0.717) is 22.3 Å². The smallest absolute Gasteiger partial charge is 0.338 e. The maximum atomic E-state index is 13.4. The molecule has 0 saturated heterocycles. The highest BCUT2D eigenvalue weighted by atomic mass is 28.3. The van der Waals surface area contributed by atoms with Gasteiger partial charge >= 0.3 is 5.97 Å². The molecule has 3 rings (SSSR count). The molecule has 0 atom stereocenters. The largest absolute Gasteiger partial charge is 0.462 e. The van der Waals surface area contributed by atoms with E-state index in [0.717, 1.165) is 10.8 Å². The van der Waals surface area contributed by atoms with Crippen LogP contribution >= 0.6 is 0 Å². The predicted octanol–water partition coefficient (Wildman–Crippen LogP) is 5.31. The zero-order valence-corrected chi connectivity index (χ0v) is 18.4. The lowest BCUT2D eigenvalue weighted by atomic mass is 9.90. The molecule has 0 unspecified atom stereocenters. The van der Waals surface area contributed by atoms with Crippen LogP contribution in [0.4, 0.5) is 0 Å². The van der Waals surface area contributed by atoms with Crippen molar-refractivity contribution in [1.82, 2.24) is 0 Å². The lowest BCUT2D eigenvalue weighted by molar-refractivity contribution is 0.0528. The first-order chi connectivity index (χ1) is 13.8. The molecule has 3 nitrogen and oxygen atoms in total. The summed E-state index contributed by atoms with van der Waals surface area (Å²) in [6, 6.07) is 22.6. The monoisotopic (exact) mass is 402 g/mol. The molecule has 0 heterocycles. The van der Waals surface area contributed by atoms with Crippen LogP contribution in [-0.2, 0) is 4.74 Å². The molecule has 0 bridgehead atoms. The van der Waals surface area contributed by atoms with Gasteiger partial charge in [-0.15, -0.1) is 0 Å². The maximum Gasteiger partial charge on any atom is 0.338 e. The summed E-state index contributed by atoms with van der Waals surface area (Å²) in [7, 11) is -1.88. The Morgan fingerprint density at radius 3 is 1.97 bits per heavy atom. The normalized spacial score (nSPS) is 11.2. The van der Waals surface area contributed by atoms with E-state index in [-0.39, 0.29) is 18.4 Å². The van der Waals surface area contributed by atoms with Crippen LogP contribution in [0.5, 0.6) is 0 Å². The van der Waals surface area contributed by atoms with Gasteiger partial charge in [-0.1, -0.05) is 92.4 Å². The quantitative estimate of drug-likeness (QED) is 0.319. The first-order valence-corrected chi connectivity index (χ1v) is 13.3. The molecule has 3 aromatic rings. The summed E-state index contributed by atoms with van der Waals surface area (Å²) in [6.07, 6.45) is 0. The van der Waals surface area contributed by atoms with Gasteiger partial charge in [0.1, 0.15) is 0 Å². The van der Waals surface area contributed by atoms with Gasteiger partial charge in [0.25, 0.3) is 0 Å². The third-order valence-corrected chi connectivity index (χ3v) is 6.87. The van der Waals surface area contributed by atoms with Crippen molar-refractivity contribution in [3.8, 4) is 11.1 Å². The third kappa shape index (κ3) is 4.38. The van der Waals surface area contributed by atoms with Crippen molar-refractivity contribution in [2.75, 3.05) is 6.61 Å². The molecule has 0 aliphatic rings. The zero-order chi connectivity index (χ0) is 21.0. The molecule has 0 saturated carbocycles. The van der Waals surface area contributed by atoms with Gasteiger partial charge in [-0.25, -0.2) is 4.79 Å². The molecule has 0 aliphatic carbocycles. The lowest BCUT2D eigenvalue weighted by Gasteiger charge is -2.24. The fourth-order valence-corrected chi connectivity index (χ4v) is 5.04. The summed E-state index contributed by atoms with van der Waals surface area (Å²) in [6.45, 7) is 8.66. The standard InChI is InChI=1S/C25H26O3Si/c1-5-28-25(27)23-21(29(2,3)4)17-16-20(22(23)18-12-8-6-9-13-18)24(26)19-14-10-7-11-15-19/h6-17H,5H2,1-4H3. The molecule has 0 fully saturated rings. The van der Waals surface area contributed by atoms with Crippen LogP contribution in [0.1, 0.15) is 33.2 Å². The van der Waals surface area contributed by atoms with E-state index in [2.05, 4.69) is 19.6 Å². The Bertz CT molecular complexity index is 1020. The molecule has 0 amide bonds. The highest BCUT2D eigenvalue weighted by Gasteiger charge is 2.30. The summed E-state index contributed by atoms with van der Waals surface area (Å²) in [5.41, 5.74) is 3.15. The van der Waals surface area contributed by atoms with Crippen molar-refractivity contribution in [3.63, 3.8) is 0 Å². The minimum Gasteiger partial charge on any atom is -0.462 e. The van der Waals surface area contributed by atoms with Crippen LogP contribution < -0.4 is 5.19 Å². The first-order valence-electron chi connectivity index (χ1n) is 9.84. The second kappa shape index (κ2) is 8.58. The number of hydrogen-bond acceptors (Lipinski definition) is 3. The maximum absolute atomic E-state index is 13.4. The molecular weight excluding hydrogens is 376 g/mol. The van der Waals surface area contributed by atoms with E-state index in [1.807, 2.05) is 60.7 Å². The molecule has 0 aliphatic heterocycles. The number of rotatable bonds is 6. The average molecular weight is 403 g/mol. The number of ether oxygens (including phenoxy) is 1. The Kier molecular flexibility index (Phi) is 6.14. The van der Waals surface area contributed by atoms with Gasteiger partial charge in [-0.2, -0.15) is 0 Å². The first kappa shape index (κ1) is 20.7. The second-order valence-corrected chi connectivity index (χ2v) is 13.0. The number of benzene rings is 3. The molecule has 0 spiro atoms. The van der Waals surface area contributed by atoms with Crippen LogP contribution in [0.3, 0.4) is 0 Å². The van der Waals surface area contributed by atoms with E-state index in [4.69, 9.17) is 4.74 Å². The van der Waals surface area contributed by atoms with Gasteiger partial charge in [-0.3, -0.25) is 4.79 Å². The van der Waals surface area contributed by atoms with Gasteiger partial charge in [0, 0.05) is 16.7 Å². The SMILES string of the molecule is CCOC(=O)c1c([Si](C)(C)C)ccc(C(=O)c2ccccc2)c1-c1ccccc1. The van der Waals surface area contributed by atoms with E-state index in [1.54, 1.807) is 19.1 Å². The van der Waals surface area contributed by atoms with Gasteiger partial charge < -0.3 is 4.74 Å². The van der Waals surface area contributed by atoms with E-state index < -0.39 is 8.07 Å². The molecule has 148 valence electrons. The number of carbonyl (C=O) groups excluding carboxylic acids is 2. The molecule has 0 radical (unpaired) electrons. The molecule has 0 N–H and O–H groups in total. The van der Waals surface area contributed by atoms with E-state index in [1.165, 1.54) is 0 Å². The van der Waals surface area contributed by atoms with Gasteiger partial charge in [0.15, 0.2) is 5.78 Å². The summed E-state index contributed by atoms with van der Waals surface area (Å²) < 4.78 is 5.44. The molecule has 4 heteroatoms. The highest BCUT2D eigenvalue weighted by molar-refractivity contribution is 6.89. The summed E-state index contributed by atoms with van der Waals surface area (Å²) in [5, 5.41) is 0.999. The van der Waals surface area contributed by atoms with Crippen LogP contribution in [-0.4, -0.2) is 26.4 Å². The Hall–Kier alpha value is -2.98. The number of carbonyl (C=O) groups is 2. The molecule has 3 aromatic carbocycles. The summed E-state index contributed by atoms with van der Waals surface area (Å²) >= 11 is 0. The average Bonchev–Trinajstić information content (AvgIpc) is 2.73. The van der Waals surface area contributed by atoms with Gasteiger partial charge in [0.05, 0.1) is 20.2 Å². The van der Waals surface area contributed by atoms with Crippen molar-refractivity contribution in [1.29, 1.82) is 0 Å². The zero-order valence-electron chi connectivity index (χ0n) is 17.4. The van der Waals surface area contributed by atoms with Gasteiger partial charge in [-0.05, 0) is 17.7 Å². The minimum absolute atomic E-state index is 0.0999. The number of ketones is 1. The Morgan fingerprint density at radius 1 is 0.828 bits per heavy atom. The minimum atomic E-state index is -1.88. The Labute approximate surface area is 173 Å². The summed E-state index contributed by atoms with van der Waals surface area (Å²) in [4.78, 5) is 26.5. The number of esters is 1. The Morgan fingerprint density at radius 2 is 1.41 bits per heavy atom. The van der Waals surface area contributed by atoms with Crippen molar-refractivity contribution in [2.24, 2.45) is 0 Å². The third-order valence-electron chi connectivity index (χ3n) is 4.84. The van der Waals surface area contributed by atoms with Gasteiger partial charge in [0.2, 0.25) is 0 Å². The number of hydrogen-bond donors (Lipinski definition) is 0. The highest BCUT2D eigenvalue weighted by Crippen LogP contribution is 2.31. The molecule has 0 aromatic heterocycles. The predicted molar refractivity (Wildman–Crippen MR) is 121 cm³/mol.